The minimum atomic E-state index is -1.25. The fraction of sp³-hybridized carbons (Fsp3) is 0.765. The standard InChI is InChI=1S/C17H27N3O2S/c1-12-13(2)23-15(19-12)9-18-11-17(22)7-4-8-20(16(17)21)10-14-5-3-6-14/h14,18,22H,3-11H2,1-2H3/t17-/m0/s1. The first kappa shape index (κ1) is 16.9. The molecule has 1 saturated carbocycles. The van der Waals surface area contributed by atoms with E-state index >= 15 is 0 Å². The SMILES string of the molecule is Cc1nc(CNC[C@@]2(O)CCCN(CC3CCC3)C2=O)sc1C. The van der Waals surface area contributed by atoms with Crippen molar-refractivity contribution in [2.45, 2.75) is 58.1 Å². The zero-order valence-corrected chi connectivity index (χ0v) is 14.9. The van der Waals surface area contributed by atoms with Gasteiger partial charge in [0.1, 0.15) is 5.01 Å². The minimum Gasteiger partial charge on any atom is -0.379 e. The first-order valence-electron chi connectivity index (χ1n) is 8.63. The highest BCUT2D eigenvalue weighted by Crippen LogP contribution is 2.30. The van der Waals surface area contributed by atoms with Crippen LogP contribution in [0.1, 0.15) is 47.7 Å². The van der Waals surface area contributed by atoms with E-state index in [-0.39, 0.29) is 5.91 Å². The van der Waals surface area contributed by atoms with Crippen LogP contribution in [0.4, 0.5) is 0 Å². The second-order valence-electron chi connectivity index (χ2n) is 7.04. The summed E-state index contributed by atoms with van der Waals surface area (Å²) in [6.45, 7) is 6.61. The predicted octanol–water partition coefficient (Wildman–Crippen LogP) is 2.00. The summed E-state index contributed by atoms with van der Waals surface area (Å²) in [4.78, 5) is 20.2. The first-order valence-corrected chi connectivity index (χ1v) is 9.45. The smallest absolute Gasteiger partial charge is 0.255 e. The third kappa shape index (κ3) is 3.75. The maximum atomic E-state index is 12.6. The molecule has 1 aliphatic carbocycles. The molecule has 0 aromatic carbocycles. The third-order valence-corrected chi connectivity index (χ3v) is 6.25. The van der Waals surface area contributed by atoms with Gasteiger partial charge in [-0.15, -0.1) is 11.3 Å². The molecular formula is C17H27N3O2S. The molecule has 2 aliphatic rings. The summed E-state index contributed by atoms with van der Waals surface area (Å²) in [5, 5.41) is 15.0. The van der Waals surface area contributed by atoms with Crippen molar-refractivity contribution < 1.29 is 9.90 Å². The number of aromatic nitrogens is 1. The molecule has 6 heteroatoms. The Kier molecular flexibility index (Phi) is 5.04. The summed E-state index contributed by atoms with van der Waals surface area (Å²) in [6, 6.07) is 0. The average molecular weight is 337 g/mol. The van der Waals surface area contributed by atoms with Crippen LogP contribution in [0.15, 0.2) is 0 Å². The van der Waals surface area contributed by atoms with Crippen LogP contribution in [0.3, 0.4) is 0 Å². The quantitative estimate of drug-likeness (QED) is 0.833. The van der Waals surface area contributed by atoms with E-state index in [0.717, 1.165) is 30.2 Å². The molecule has 0 spiro atoms. The molecule has 1 aliphatic heterocycles. The lowest BCUT2D eigenvalue weighted by Gasteiger charge is -2.41. The molecule has 23 heavy (non-hydrogen) atoms. The molecule has 1 saturated heterocycles. The van der Waals surface area contributed by atoms with Gasteiger partial charge in [0.25, 0.3) is 5.91 Å². The van der Waals surface area contributed by atoms with Gasteiger partial charge in [-0.1, -0.05) is 6.42 Å². The van der Waals surface area contributed by atoms with E-state index in [2.05, 4.69) is 17.2 Å². The average Bonchev–Trinajstić information content (AvgIpc) is 2.77. The highest BCUT2D eigenvalue weighted by atomic mass is 32.1. The molecule has 0 bridgehead atoms. The third-order valence-electron chi connectivity index (χ3n) is 5.17. The number of carbonyl (C=O) groups is 1. The fourth-order valence-electron chi connectivity index (χ4n) is 3.38. The van der Waals surface area contributed by atoms with E-state index in [9.17, 15) is 9.90 Å². The Morgan fingerprint density at radius 2 is 2.17 bits per heavy atom. The number of nitrogens with zero attached hydrogens (tertiary/aromatic N) is 2. The van der Waals surface area contributed by atoms with Crippen molar-refractivity contribution >= 4 is 17.2 Å². The van der Waals surface area contributed by atoms with Crippen LogP contribution in [0.25, 0.3) is 0 Å². The topological polar surface area (TPSA) is 65.5 Å². The number of nitrogens with one attached hydrogen (secondary N) is 1. The number of aliphatic hydroxyl groups is 1. The summed E-state index contributed by atoms with van der Waals surface area (Å²) in [5.74, 6) is 0.560. The minimum absolute atomic E-state index is 0.0883. The van der Waals surface area contributed by atoms with Gasteiger partial charge in [0.05, 0.1) is 5.69 Å². The van der Waals surface area contributed by atoms with Crippen LogP contribution in [0.5, 0.6) is 0 Å². The van der Waals surface area contributed by atoms with Gasteiger partial charge in [0.15, 0.2) is 5.60 Å². The zero-order valence-electron chi connectivity index (χ0n) is 14.1. The molecule has 3 rings (SSSR count). The number of carbonyl (C=O) groups excluding carboxylic acids is 1. The Morgan fingerprint density at radius 3 is 2.78 bits per heavy atom. The van der Waals surface area contributed by atoms with E-state index in [4.69, 9.17) is 0 Å². The van der Waals surface area contributed by atoms with Gasteiger partial charge in [0, 0.05) is 31.1 Å². The van der Waals surface area contributed by atoms with Crippen molar-refractivity contribution in [3.63, 3.8) is 0 Å². The normalized spacial score (nSPS) is 25.7. The lowest BCUT2D eigenvalue weighted by atomic mass is 9.83. The molecule has 1 atom stereocenters. The van der Waals surface area contributed by atoms with Crippen molar-refractivity contribution in [2.75, 3.05) is 19.6 Å². The molecule has 5 nitrogen and oxygen atoms in total. The van der Waals surface area contributed by atoms with Crippen molar-refractivity contribution in [3.8, 4) is 0 Å². The predicted molar refractivity (Wildman–Crippen MR) is 91.4 cm³/mol. The lowest BCUT2D eigenvalue weighted by molar-refractivity contribution is -0.157. The van der Waals surface area contributed by atoms with Gasteiger partial charge in [0.2, 0.25) is 0 Å². The molecular weight excluding hydrogens is 310 g/mol. The van der Waals surface area contributed by atoms with E-state index in [1.807, 2.05) is 11.8 Å². The van der Waals surface area contributed by atoms with Crippen molar-refractivity contribution in [1.82, 2.24) is 15.2 Å². The van der Waals surface area contributed by atoms with Crippen LogP contribution in [0.2, 0.25) is 0 Å². The summed E-state index contributed by atoms with van der Waals surface area (Å²) < 4.78 is 0. The summed E-state index contributed by atoms with van der Waals surface area (Å²) in [6.07, 6.45) is 5.17. The van der Waals surface area contributed by atoms with Gasteiger partial charge >= 0.3 is 0 Å². The Balaban J connectivity index is 1.53. The molecule has 1 aromatic heterocycles. The molecule has 2 N–H and O–H groups in total. The van der Waals surface area contributed by atoms with Crippen molar-refractivity contribution in [2.24, 2.45) is 5.92 Å². The molecule has 2 fully saturated rings. The van der Waals surface area contributed by atoms with Crippen LogP contribution >= 0.6 is 11.3 Å². The second-order valence-corrected chi connectivity index (χ2v) is 8.32. The number of hydrogen-bond donors (Lipinski definition) is 2. The molecule has 1 aromatic rings. The summed E-state index contributed by atoms with van der Waals surface area (Å²) >= 11 is 1.67. The number of thiazole rings is 1. The van der Waals surface area contributed by atoms with Gasteiger partial charge < -0.3 is 15.3 Å². The Morgan fingerprint density at radius 1 is 1.39 bits per heavy atom. The van der Waals surface area contributed by atoms with Crippen LogP contribution in [0, 0.1) is 19.8 Å². The highest BCUT2D eigenvalue weighted by Gasteiger charge is 2.42. The highest BCUT2D eigenvalue weighted by molar-refractivity contribution is 7.11. The van der Waals surface area contributed by atoms with E-state index in [0.29, 0.717) is 25.4 Å². The zero-order chi connectivity index (χ0) is 16.4. The number of piperidine rings is 1. The second kappa shape index (κ2) is 6.87. The van der Waals surface area contributed by atoms with Gasteiger partial charge in [-0.3, -0.25) is 4.79 Å². The lowest BCUT2D eigenvalue weighted by Crippen LogP contribution is -2.58. The van der Waals surface area contributed by atoms with E-state index in [1.54, 1.807) is 11.3 Å². The van der Waals surface area contributed by atoms with Crippen LogP contribution < -0.4 is 5.32 Å². The van der Waals surface area contributed by atoms with Crippen LogP contribution in [-0.2, 0) is 11.3 Å². The molecule has 2 heterocycles. The summed E-state index contributed by atoms with van der Waals surface area (Å²) in [5.41, 5.74) is -0.186. The summed E-state index contributed by atoms with van der Waals surface area (Å²) in [7, 11) is 0. The molecule has 1 amide bonds. The maximum Gasteiger partial charge on any atom is 0.255 e. The van der Waals surface area contributed by atoms with Crippen molar-refractivity contribution in [1.29, 1.82) is 0 Å². The number of aryl methyl sites for hydroxylation is 2. The maximum absolute atomic E-state index is 12.6. The molecule has 0 radical (unpaired) electrons. The number of hydrogen-bond acceptors (Lipinski definition) is 5. The number of amides is 1. The monoisotopic (exact) mass is 337 g/mol. The molecule has 0 unspecified atom stereocenters. The Bertz CT molecular complexity index is 551. The first-order chi connectivity index (χ1) is 11.0. The Labute approximate surface area is 142 Å². The number of likely N-dealkylation sites (tertiary alicyclic amines) is 1. The van der Waals surface area contributed by atoms with Crippen LogP contribution in [-0.4, -0.2) is 46.1 Å². The van der Waals surface area contributed by atoms with E-state index in [1.165, 1.54) is 24.1 Å². The van der Waals surface area contributed by atoms with Gasteiger partial charge in [-0.25, -0.2) is 4.98 Å². The Hall–Kier alpha value is -0.980. The largest absolute Gasteiger partial charge is 0.379 e. The van der Waals surface area contributed by atoms with Crippen molar-refractivity contribution in [3.05, 3.63) is 15.6 Å². The number of rotatable bonds is 6. The van der Waals surface area contributed by atoms with E-state index < -0.39 is 5.60 Å². The fourth-order valence-corrected chi connectivity index (χ4v) is 4.28. The van der Waals surface area contributed by atoms with Gasteiger partial charge in [-0.05, 0) is 45.4 Å². The van der Waals surface area contributed by atoms with Gasteiger partial charge in [-0.2, -0.15) is 0 Å². The molecule has 128 valence electrons.